The summed E-state index contributed by atoms with van der Waals surface area (Å²) in [6.45, 7) is 2.50. The number of hydrogen-bond acceptors (Lipinski definition) is 2. The highest BCUT2D eigenvalue weighted by Gasteiger charge is 2.17. The van der Waals surface area contributed by atoms with Crippen molar-refractivity contribution >= 4 is 23.3 Å². The van der Waals surface area contributed by atoms with Crippen molar-refractivity contribution in [1.82, 2.24) is 0 Å². The van der Waals surface area contributed by atoms with Gasteiger partial charge in [-0.05, 0) is 30.7 Å². The summed E-state index contributed by atoms with van der Waals surface area (Å²) in [4.78, 5) is 13.0. The van der Waals surface area contributed by atoms with E-state index in [0.29, 0.717) is 11.6 Å². The standard InChI is InChI=1S/C17H18ClNO2/c1-13(14-6-3-2-4-7-14)19(11-10-17(20)21)16-9-5-8-15(18)12-16/h2-9,12-13H,10-11H2,1H3,(H,20,21). The van der Waals surface area contributed by atoms with E-state index in [4.69, 9.17) is 16.7 Å². The summed E-state index contributed by atoms with van der Waals surface area (Å²) in [6.07, 6.45) is 0.0870. The van der Waals surface area contributed by atoms with Gasteiger partial charge in [-0.1, -0.05) is 48.0 Å². The highest BCUT2D eigenvalue weighted by atomic mass is 35.5. The zero-order valence-corrected chi connectivity index (χ0v) is 12.6. The van der Waals surface area contributed by atoms with Crippen LogP contribution in [0, 0.1) is 0 Å². The first-order chi connectivity index (χ1) is 10.1. The Hall–Kier alpha value is -2.00. The minimum absolute atomic E-state index is 0.0732. The Balaban J connectivity index is 2.29. The van der Waals surface area contributed by atoms with Crippen LogP contribution in [0.1, 0.15) is 24.9 Å². The summed E-state index contributed by atoms with van der Waals surface area (Å²) in [5.41, 5.74) is 2.07. The summed E-state index contributed by atoms with van der Waals surface area (Å²) in [5, 5.41) is 9.61. The van der Waals surface area contributed by atoms with Crippen LogP contribution in [0.5, 0.6) is 0 Å². The third-order valence-corrected chi connectivity index (χ3v) is 3.69. The second kappa shape index (κ2) is 7.14. The maximum atomic E-state index is 10.9. The molecule has 0 saturated heterocycles. The Bertz CT molecular complexity index is 601. The van der Waals surface area contributed by atoms with Gasteiger partial charge in [0.05, 0.1) is 12.5 Å². The number of nitrogens with zero attached hydrogens (tertiary/aromatic N) is 1. The van der Waals surface area contributed by atoms with Crippen LogP contribution < -0.4 is 4.90 Å². The number of aliphatic carboxylic acids is 1. The quantitative estimate of drug-likeness (QED) is 0.861. The molecule has 0 heterocycles. The molecule has 0 aliphatic rings. The first-order valence-electron chi connectivity index (χ1n) is 6.87. The van der Waals surface area contributed by atoms with Gasteiger partial charge in [0.2, 0.25) is 0 Å². The van der Waals surface area contributed by atoms with Crippen LogP contribution >= 0.6 is 11.6 Å². The minimum atomic E-state index is -0.803. The molecule has 2 rings (SSSR count). The van der Waals surface area contributed by atoms with E-state index in [0.717, 1.165) is 11.3 Å². The second-order valence-electron chi connectivity index (χ2n) is 4.90. The van der Waals surface area contributed by atoms with Crippen LogP contribution in [0.3, 0.4) is 0 Å². The fourth-order valence-corrected chi connectivity index (χ4v) is 2.51. The Morgan fingerprint density at radius 1 is 1.19 bits per heavy atom. The molecule has 1 atom stereocenters. The summed E-state index contributed by atoms with van der Waals surface area (Å²) < 4.78 is 0. The molecule has 0 aliphatic heterocycles. The summed E-state index contributed by atoms with van der Waals surface area (Å²) >= 11 is 6.06. The lowest BCUT2D eigenvalue weighted by atomic mass is 10.1. The maximum absolute atomic E-state index is 10.9. The minimum Gasteiger partial charge on any atom is -0.481 e. The van der Waals surface area contributed by atoms with Gasteiger partial charge in [-0.15, -0.1) is 0 Å². The van der Waals surface area contributed by atoms with Crippen molar-refractivity contribution in [1.29, 1.82) is 0 Å². The monoisotopic (exact) mass is 303 g/mol. The molecule has 0 amide bonds. The van der Waals surface area contributed by atoms with Gasteiger partial charge >= 0.3 is 5.97 Å². The van der Waals surface area contributed by atoms with Gasteiger partial charge in [-0.3, -0.25) is 4.79 Å². The van der Waals surface area contributed by atoms with Gasteiger partial charge in [0.25, 0.3) is 0 Å². The number of carboxylic acid groups (broad SMARTS) is 1. The number of hydrogen-bond donors (Lipinski definition) is 1. The van der Waals surface area contributed by atoms with Crippen molar-refractivity contribution in [3.8, 4) is 0 Å². The third kappa shape index (κ3) is 4.23. The normalized spacial score (nSPS) is 11.9. The van der Waals surface area contributed by atoms with Gasteiger partial charge in [0.1, 0.15) is 0 Å². The average Bonchev–Trinajstić information content (AvgIpc) is 2.48. The van der Waals surface area contributed by atoms with E-state index < -0.39 is 5.97 Å². The molecule has 0 radical (unpaired) electrons. The van der Waals surface area contributed by atoms with Gasteiger partial charge in [0.15, 0.2) is 0 Å². The molecule has 0 bridgehead atoms. The summed E-state index contributed by atoms with van der Waals surface area (Å²) in [7, 11) is 0. The molecule has 4 heteroatoms. The predicted octanol–water partition coefficient (Wildman–Crippen LogP) is 4.38. The predicted molar refractivity (Wildman–Crippen MR) is 85.9 cm³/mol. The Kier molecular flexibility index (Phi) is 5.23. The molecule has 0 fully saturated rings. The van der Waals surface area contributed by atoms with E-state index in [1.54, 1.807) is 0 Å². The van der Waals surface area contributed by atoms with Gasteiger partial charge in [-0.25, -0.2) is 0 Å². The zero-order chi connectivity index (χ0) is 15.2. The number of rotatable bonds is 6. The van der Waals surface area contributed by atoms with Crippen LogP contribution in [0.15, 0.2) is 54.6 Å². The molecule has 2 aromatic carbocycles. The number of halogens is 1. The summed E-state index contributed by atoms with van der Waals surface area (Å²) in [5.74, 6) is -0.803. The van der Waals surface area contributed by atoms with Crippen molar-refractivity contribution in [2.24, 2.45) is 0 Å². The van der Waals surface area contributed by atoms with Crippen LogP contribution in [0.4, 0.5) is 5.69 Å². The lowest BCUT2D eigenvalue weighted by molar-refractivity contribution is -0.136. The van der Waals surface area contributed by atoms with Crippen LogP contribution in [0.2, 0.25) is 5.02 Å². The number of carboxylic acids is 1. The van der Waals surface area contributed by atoms with Crippen molar-refractivity contribution < 1.29 is 9.90 Å². The Labute approximate surface area is 129 Å². The molecule has 0 aromatic heterocycles. The molecule has 0 spiro atoms. The fourth-order valence-electron chi connectivity index (χ4n) is 2.33. The van der Waals surface area contributed by atoms with E-state index in [9.17, 15) is 4.79 Å². The highest BCUT2D eigenvalue weighted by Crippen LogP contribution is 2.28. The van der Waals surface area contributed by atoms with Crippen molar-refractivity contribution in [3.05, 3.63) is 65.2 Å². The summed E-state index contributed by atoms with van der Waals surface area (Å²) in [6, 6.07) is 17.6. The lowest BCUT2D eigenvalue weighted by Gasteiger charge is -2.31. The molecule has 1 unspecified atom stereocenters. The average molecular weight is 304 g/mol. The fraction of sp³-hybridized carbons (Fsp3) is 0.235. The number of anilines is 1. The van der Waals surface area contributed by atoms with Gasteiger partial charge in [0, 0.05) is 17.3 Å². The number of benzene rings is 2. The lowest BCUT2D eigenvalue weighted by Crippen LogP contribution is -2.29. The molecule has 0 saturated carbocycles. The SMILES string of the molecule is CC(c1ccccc1)N(CCC(=O)O)c1cccc(Cl)c1. The molecule has 110 valence electrons. The molecule has 3 nitrogen and oxygen atoms in total. The van der Waals surface area contributed by atoms with E-state index in [2.05, 4.69) is 11.8 Å². The van der Waals surface area contributed by atoms with E-state index >= 15 is 0 Å². The van der Waals surface area contributed by atoms with Crippen molar-refractivity contribution in [3.63, 3.8) is 0 Å². The zero-order valence-electron chi connectivity index (χ0n) is 11.9. The first-order valence-corrected chi connectivity index (χ1v) is 7.24. The Morgan fingerprint density at radius 3 is 2.52 bits per heavy atom. The highest BCUT2D eigenvalue weighted by molar-refractivity contribution is 6.30. The molecule has 0 aliphatic carbocycles. The smallest absolute Gasteiger partial charge is 0.305 e. The van der Waals surface area contributed by atoms with Gasteiger partial charge < -0.3 is 10.0 Å². The largest absolute Gasteiger partial charge is 0.481 e. The van der Waals surface area contributed by atoms with Crippen LogP contribution in [-0.2, 0) is 4.79 Å². The van der Waals surface area contributed by atoms with Crippen molar-refractivity contribution in [2.45, 2.75) is 19.4 Å². The Morgan fingerprint density at radius 2 is 1.90 bits per heavy atom. The van der Waals surface area contributed by atoms with Crippen LogP contribution in [-0.4, -0.2) is 17.6 Å². The van der Waals surface area contributed by atoms with E-state index in [1.807, 2.05) is 54.6 Å². The molecule has 1 N–H and O–H groups in total. The number of carbonyl (C=O) groups is 1. The van der Waals surface area contributed by atoms with Gasteiger partial charge in [-0.2, -0.15) is 0 Å². The molecular formula is C17H18ClNO2. The first kappa shape index (κ1) is 15.4. The topological polar surface area (TPSA) is 40.5 Å². The maximum Gasteiger partial charge on any atom is 0.305 e. The van der Waals surface area contributed by atoms with Crippen molar-refractivity contribution in [2.75, 3.05) is 11.4 Å². The third-order valence-electron chi connectivity index (χ3n) is 3.46. The molecular weight excluding hydrogens is 286 g/mol. The molecule has 2 aromatic rings. The molecule has 21 heavy (non-hydrogen) atoms. The second-order valence-corrected chi connectivity index (χ2v) is 5.34. The van der Waals surface area contributed by atoms with Crippen LogP contribution in [0.25, 0.3) is 0 Å². The van der Waals surface area contributed by atoms with E-state index in [-0.39, 0.29) is 12.5 Å². The van der Waals surface area contributed by atoms with E-state index in [1.165, 1.54) is 0 Å².